The first kappa shape index (κ1) is 14.6. The molecule has 2 nitrogen and oxygen atoms in total. The van der Waals surface area contributed by atoms with Crippen LogP contribution in [0.5, 0.6) is 0 Å². The smallest absolute Gasteiger partial charge is 0.303 e. The van der Waals surface area contributed by atoms with Gasteiger partial charge in [-0.05, 0) is 39.0 Å². The van der Waals surface area contributed by atoms with E-state index in [4.69, 9.17) is 4.74 Å². The van der Waals surface area contributed by atoms with E-state index in [0.29, 0.717) is 5.92 Å². The lowest BCUT2D eigenvalue weighted by atomic mass is 10.0. The summed E-state index contributed by atoms with van der Waals surface area (Å²) in [4.78, 5) is 10.7. The van der Waals surface area contributed by atoms with E-state index in [1.807, 2.05) is 0 Å². The highest BCUT2D eigenvalue weighted by molar-refractivity contribution is 7.80. The highest BCUT2D eigenvalue weighted by atomic mass is 32.1. The summed E-state index contributed by atoms with van der Waals surface area (Å²) in [6, 6.07) is 0. The van der Waals surface area contributed by atoms with Crippen LogP contribution in [0.3, 0.4) is 0 Å². The number of carbonyl (C=O) groups is 1. The van der Waals surface area contributed by atoms with Crippen molar-refractivity contribution in [1.82, 2.24) is 0 Å². The van der Waals surface area contributed by atoms with Gasteiger partial charge in [-0.3, -0.25) is 4.79 Å². The molecule has 2 unspecified atom stereocenters. The lowest BCUT2D eigenvalue weighted by Gasteiger charge is -2.15. The molecule has 0 radical (unpaired) electrons. The molecule has 88 valence electrons. The minimum Gasteiger partial charge on any atom is -0.452 e. The first-order chi connectivity index (χ1) is 6.91. The predicted octanol–water partition coefficient (Wildman–Crippen LogP) is 3.58. The Morgan fingerprint density at radius 3 is 2.47 bits per heavy atom. The zero-order valence-corrected chi connectivity index (χ0v) is 11.0. The van der Waals surface area contributed by atoms with Crippen molar-refractivity contribution < 1.29 is 9.53 Å². The second kappa shape index (κ2) is 7.80. The van der Waals surface area contributed by atoms with Crippen LogP contribution in [0.2, 0.25) is 0 Å². The molecule has 0 aromatic heterocycles. The maximum atomic E-state index is 10.7. The van der Waals surface area contributed by atoms with Gasteiger partial charge in [-0.2, -0.15) is 0 Å². The molecule has 0 aliphatic carbocycles. The molecule has 0 aromatic carbocycles. The molecule has 2 atom stereocenters. The van der Waals surface area contributed by atoms with Crippen LogP contribution >= 0.6 is 12.6 Å². The largest absolute Gasteiger partial charge is 0.452 e. The number of hydrogen-bond donors (Lipinski definition) is 1. The lowest BCUT2D eigenvalue weighted by Crippen LogP contribution is -2.13. The third-order valence-corrected chi connectivity index (χ3v) is 2.43. The Balaban J connectivity index is 3.68. The summed E-state index contributed by atoms with van der Waals surface area (Å²) in [6.07, 6.45) is 5.25. The van der Waals surface area contributed by atoms with Gasteiger partial charge in [0.25, 0.3) is 0 Å². The Hall–Kier alpha value is -0.440. The van der Waals surface area contributed by atoms with Crippen LogP contribution in [-0.4, -0.2) is 11.4 Å². The number of hydrogen-bond acceptors (Lipinski definition) is 3. The SMILES string of the molecule is CC(=O)OC(S)CC(C)CCC=C(C)C. The highest BCUT2D eigenvalue weighted by Crippen LogP contribution is 2.17. The van der Waals surface area contributed by atoms with Crippen molar-refractivity contribution in [1.29, 1.82) is 0 Å². The first-order valence-electron chi connectivity index (χ1n) is 5.40. The highest BCUT2D eigenvalue weighted by Gasteiger charge is 2.11. The average Bonchev–Trinajstić information content (AvgIpc) is 2.00. The van der Waals surface area contributed by atoms with Gasteiger partial charge in [0.05, 0.1) is 0 Å². The molecule has 0 saturated carbocycles. The third kappa shape index (κ3) is 9.85. The summed E-state index contributed by atoms with van der Waals surface area (Å²) in [5.41, 5.74) is 1.09. The number of rotatable bonds is 6. The second-order valence-corrected chi connectivity index (χ2v) is 4.84. The molecule has 0 aliphatic rings. The number of esters is 1. The summed E-state index contributed by atoms with van der Waals surface area (Å²) in [7, 11) is 0. The number of ether oxygens (including phenoxy) is 1. The third-order valence-electron chi connectivity index (χ3n) is 2.12. The first-order valence-corrected chi connectivity index (χ1v) is 5.92. The van der Waals surface area contributed by atoms with Crippen molar-refractivity contribution in [2.75, 3.05) is 0 Å². The Kier molecular flexibility index (Phi) is 7.57. The minimum absolute atomic E-state index is 0.258. The van der Waals surface area contributed by atoms with E-state index in [-0.39, 0.29) is 11.4 Å². The summed E-state index contributed by atoms with van der Waals surface area (Å²) < 4.78 is 4.96. The van der Waals surface area contributed by atoms with Crippen molar-refractivity contribution in [2.45, 2.75) is 52.4 Å². The van der Waals surface area contributed by atoms with Crippen molar-refractivity contribution in [3.63, 3.8) is 0 Å². The molecule has 0 aliphatic heterocycles. The van der Waals surface area contributed by atoms with Crippen LogP contribution in [0.15, 0.2) is 11.6 Å². The number of allylic oxidation sites excluding steroid dienone is 2. The summed E-state index contributed by atoms with van der Waals surface area (Å²) in [5, 5.41) is 0. The van der Waals surface area contributed by atoms with Crippen molar-refractivity contribution in [3.05, 3.63) is 11.6 Å². The molecule has 0 heterocycles. The summed E-state index contributed by atoms with van der Waals surface area (Å²) in [6.45, 7) is 7.78. The molecule has 15 heavy (non-hydrogen) atoms. The Morgan fingerprint density at radius 1 is 1.40 bits per heavy atom. The molecule has 0 fully saturated rings. The Bertz CT molecular complexity index is 220. The molecule has 3 heteroatoms. The van der Waals surface area contributed by atoms with E-state index in [0.717, 1.165) is 19.3 Å². The fourth-order valence-corrected chi connectivity index (χ4v) is 1.87. The number of carbonyl (C=O) groups excluding carboxylic acids is 1. The van der Waals surface area contributed by atoms with Crippen LogP contribution < -0.4 is 0 Å². The standard InChI is InChI=1S/C12H22O2S/c1-9(2)6-5-7-10(3)8-12(15)14-11(4)13/h6,10,12,15H,5,7-8H2,1-4H3. The molecule has 0 spiro atoms. The summed E-state index contributed by atoms with van der Waals surface area (Å²) in [5.74, 6) is 0.272. The molecular weight excluding hydrogens is 208 g/mol. The van der Waals surface area contributed by atoms with Gasteiger partial charge in [0.2, 0.25) is 0 Å². The fourth-order valence-electron chi connectivity index (χ4n) is 1.36. The second-order valence-electron chi connectivity index (χ2n) is 4.26. The van der Waals surface area contributed by atoms with Crippen LogP contribution in [0, 0.1) is 5.92 Å². The van der Waals surface area contributed by atoms with Crippen LogP contribution in [0.1, 0.15) is 47.0 Å². The molecule has 0 aromatic rings. The van der Waals surface area contributed by atoms with Crippen LogP contribution in [0.25, 0.3) is 0 Å². The molecule has 0 saturated heterocycles. The van der Waals surface area contributed by atoms with Gasteiger partial charge in [-0.1, -0.05) is 18.6 Å². The van der Waals surface area contributed by atoms with E-state index in [9.17, 15) is 4.79 Å². The molecule has 0 bridgehead atoms. The zero-order valence-electron chi connectivity index (χ0n) is 10.1. The maximum Gasteiger partial charge on any atom is 0.303 e. The molecule has 0 N–H and O–H groups in total. The summed E-state index contributed by atoms with van der Waals surface area (Å²) >= 11 is 4.21. The van der Waals surface area contributed by atoms with E-state index < -0.39 is 0 Å². The van der Waals surface area contributed by atoms with Gasteiger partial charge in [0.15, 0.2) is 0 Å². The van der Waals surface area contributed by atoms with Crippen LogP contribution in [0.4, 0.5) is 0 Å². The van der Waals surface area contributed by atoms with E-state index in [2.05, 4.69) is 39.5 Å². The van der Waals surface area contributed by atoms with E-state index >= 15 is 0 Å². The van der Waals surface area contributed by atoms with Crippen molar-refractivity contribution in [3.8, 4) is 0 Å². The van der Waals surface area contributed by atoms with Crippen LogP contribution in [-0.2, 0) is 9.53 Å². The van der Waals surface area contributed by atoms with Gasteiger partial charge < -0.3 is 4.74 Å². The molecule has 0 rings (SSSR count). The maximum absolute atomic E-state index is 10.7. The average molecular weight is 230 g/mol. The molecular formula is C12H22O2S. The van der Waals surface area contributed by atoms with Gasteiger partial charge in [0.1, 0.15) is 5.44 Å². The molecule has 0 amide bonds. The van der Waals surface area contributed by atoms with Gasteiger partial charge >= 0.3 is 5.97 Å². The minimum atomic E-state index is -0.260. The van der Waals surface area contributed by atoms with Crippen molar-refractivity contribution >= 4 is 18.6 Å². The zero-order chi connectivity index (χ0) is 11.8. The Morgan fingerprint density at radius 2 is 2.00 bits per heavy atom. The number of thiol groups is 1. The lowest BCUT2D eigenvalue weighted by molar-refractivity contribution is -0.142. The topological polar surface area (TPSA) is 26.3 Å². The Labute approximate surface area is 98.5 Å². The van der Waals surface area contributed by atoms with Gasteiger partial charge in [0, 0.05) is 6.92 Å². The van der Waals surface area contributed by atoms with Gasteiger partial charge in [-0.15, -0.1) is 12.6 Å². The fraction of sp³-hybridized carbons (Fsp3) is 0.750. The quantitative estimate of drug-likeness (QED) is 0.327. The van der Waals surface area contributed by atoms with Crippen molar-refractivity contribution in [2.24, 2.45) is 5.92 Å². The van der Waals surface area contributed by atoms with E-state index in [1.54, 1.807) is 0 Å². The normalized spacial score (nSPS) is 14.2. The van der Waals surface area contributed by atoms with E-state index in [1.165, 1.54) is 12.5 Å². The monoisotopic (exact) mass is 230 g/mol. The predicted molar refractivity (Wildman–Crippen MR) is 67.0 cm³/mol. The van der Waals surface area contributed by atoms with Gasteiger partial charge in [-0.25, -0.2) is 0 Å².